The quantitative estimate of drug-likeness (QED) is 0.714. The van der Waals surface area contributed by atoms with Crippen LogP contribution in [0.4, 0.5) is 8.78 Å². The Morgan fingerprint density at radius 1 is 1.26 bits per heavy atom. The van der Waals surface area contributed by atoms with Crippen molar-refractivity contribution in [3.05, 3.63) is 41.9 Å². The summed E-state index contributed by atoms with van der Waals surface area (Å²) in [4.78, 5) is 19.2. The monoisotopic (exact) mass is 373 g/mol. The second kappa shape index (κ2) is 7.22. The topological polar surface area (TPSA) is 101 Å². The zero-order chi connectivity index (χ0) is 18.8. The number of aromatic nitrogens is 6. The Morgan fingerprint density at radius 2 is 2.00 bits per heavy atom. The maximum atomic E-state index is 14.0. The number of nitrogens with zero attached hydrogens (tertiary/aromatic N) is 5. The van der Waals surface area contributed by atoms with Crippen LogP contribution in [0.2, 0.25) is 0 Å². The molecule has 2 aromatic heterocycles. The Bertz CT molecular complexity index is 942. The van der Waals surface area contributed by atoms with Gasteiger partial charge < -0.3 is 10.3 Å². The minimum atomic E-state index is -0.811. The zero-order valence-electron chi connectivity index (χ0n) is 14.3. The lowest BCUT2D eigenvalue weighted by atomic mass is 10.1. The third-order valence-electron chi connectivity index (χ3n) is 4.67. The lowest BCUT2D eigenvalue weighted by Gasteiger charge is -2.09. The Kier molecular flexibility index (Phi) is 4.61. The molecule has 4 rings (SSSR count). The van der Waals surface area contributed by atoms with E-state index in [1.807, 2.05) is 0 Å². The lowest BCUT2D eigenvalue weighted by Crippen LogP contribution is -2.29. The Morgan fingerprint density at radius 3 is 2.74 bits per heavy atom. The summed E-state index contributed by atoms with van der Waals surface area (Å²) >= 11 is 0. The van der Waals surface area contributed by atoms with Crippen LogP contribution in [0.25, 0.3) is 17.2 Å². The van der Waals surface area contributed by atoms with Crippen molar-refractivity contribution < 1.29 is 13.6 Å². The molecule has 0 aliphatic heterocycles. The summed E-state index contributed by atoms with van der Waals surface area (Å²) in [6, 6.07) is 3.46. The minimum absolute atomic E-state index is 0.0186. The normalized spacial score (nSPS) is 14.6. The van der Waals surface area contributed by atoms with E-state index in [0.717, 1.165) is 29.7 Å². The summed E-state index contributed by atoms with van der Waals surface area (Å²) in [6.45, 7) is 0.604. The smallest absolute Gasteiger partial charge is 0.287 e. The van der Waals surface area contributed by atoms with Crippen molar-refractivity contribution >= 4 is 5.91 Å². The summed E-state index contributed by atoms with van der Waals surface area (Å²) < 4.78 is 29.0. The highest BCUT2D eigenvalue weighted by Crippen LogP contribution is 2.24. The molecule has 1 aromatic carbocycles. The number of imidazole rings is 1. The van der Waals surface area contributed by atoms with E-state index in [4.69, 9.17) is 0 Å². The van der Waals surface area contributed by atoms with Gasteiger partial charge >= 0.3 is 0 Å². The van der Waals surface area contributed by atoms with Crippen LogP contribution in [0.5, 0.6) is 0 Å². The summed E-state index contributed by atoms with van der Waals surface area (Å²) in [7, 11) is 0. The predicted octanol–water partition coefficient (Wildman–Crippen LogP) is 2.25. The lowest BCUT2D eigenvalue weighted by molar-refractivity contribution is 0.0938. The maximum Gasteiger partial charge on any atom is 0.287 e. The van der Waals surface area contributed by atoms with Crippen LogP contribution in [0.3, 0.4) is 0 Å². The van der Waals surface area contributed by atoms with Gasteiger partial charge in [-0.1, -0.05) is 18.9 Å². The molecule has 0 atom stereocenters. The molecule has 1 fully saturated rings. The molecule has 3 aromatic rings. The number of aromatic amines is 1. The van der Waals surface area contributed by atoms with Gasteiger partial charge in [-0.05, 0) is 41.3 Å². The van der Waals surface area contributed by atoms with Gasteiger partial charge in [0.15, 0.2) is 17.5 Å². The molecule has 10 heteroatoms. The van der Waals surface area contributed by atoms with Crippen LogP contribution in [0.15, 0.2) is 24.4 Å². The molecule has 2 heterocycles. The number of nitrogens with one attached hydrogen (secondary N) is 2. The van der Waals surface area contributed by atoms with Gasteiger partial charge in [0.05, 0.1) is 0 Å². The largest absolute Gasteiger partial charge is 0.349 e. The van der Waals surface area contributed by atoms with Crippen molar-refractivity contribution in [2.75, 3.05) is 6.54 Å². The van der Waals surface area contributed by atoms with Crippen molar-refractivity contribution in [1.29, 1.82) is 0 Å². The van der Waals surface area contributed by atoms with Gasteiger partial charge in [0.1, 0.15) is 11.4 Å². The molecule has 1 aliphatic rings. The fraction of sp³-hybridized carbons (Fsp3) is 0.353. The summed E-state index contributed by atoms with van der Waals surface area (Å²) in [5.41, 5.74) is -0.207. The van der Waals surface area contributed by atoms with Crippen molar-refractivity contribution in [1.82, 2.24) is 35.5 Å². The molecule has 1 saturated carbocycles. The fourth-order valence-corrected chi connectivity index (χ4v) is 3.28. The third kappa shape index (κ3) is 3.42. The average Bonchev–Trinajstić information content (AvgIpc) is 3.40. The first-order valence-electron chi connectivity index (χ1n) is 8.70. The molecule has 0 bridgehead atoms. The summed E-state index contributed by atoms with van der Waals surface area (Å²) in [6.07, 6.45) is 6.05. The van der Waals surface area contributed by atoms with Gasteiger partial charge in [0, 0.05) is 12.7 Å². The Labute approximate surface area is 153 Å². The SMILES string of the molecule is O=C(NCC1CCCC1)c1nc(-c2nnnn2-c2c(F)cccc2F)c[nH]1. The molecule has 0 unspecified atom stereocenters. The second-order valence-electron chi connectivity index (χ2n) is 6.48. The number of benzene rings is 1. The van der Waals surface area contributed by atoms with E-state index >= 15 is 0 Å². The molecule has 1 aliphatic carbocycles. The fourth-order valence-electron chi connectivity index (χ4n) is 3.28. The number of rotatable bonds is 5. The van der Waals surface area contributed by atoms with Crippen LogP contribution in [-0.4, -0.2) is 42.6 Å². The standard InChI is InChI=1S/C17H17F2N7O/c18-11-6-3-7-12(19)14(11)26-16(23-24-25-26)13-9-20-15(22-13)17(27)21-8-10-4-1-2-5-10/h3,6-7,9-10H,1-2,4-5,8H2,(H,20,22)(H,21,27). The molecule has 2 N–H and O–H groups in total. The van der Waals surface area contributed by atoms with Crippen molar-refractivity contribution in [3.8, 4) is 17.2 Å². The zero-order valence-corrected chi connectivity index (χ0v) is 14.3. The van der Waals surface area contributed by atoms with Crippen LogP contribution < -0.4 is 5.32 Å². The number of hydrogen-bond acceptors (Lipinski definition) is 5. The van der Waals surface area contributed by atoms with Gasteiger partial charge in [-0.25, -0.2) is 13.8 Å². The number of tetrazole rings is 1. The number of para-hydroxylation sites is 1. The minimum Gasteiger partial charge on any atom is -0.349 e. The third-order valence-corrected chi connectivity index (χ3v) is 4.67. The molecular formula is C17H17F2N7O. The van der Waals surface area contributed by atoms with Gasteiger partial charge in [-0.15, -0.1) is 5.10 Å². The first-order valence-corrected chi connectivity index (χ1v) is 8.70. The molecular weight excluding hydrogens is 356 g/mol. The number of halogens is 2. The highest BCUT2D eigenvalue weighted by molar-refractivity contribution is 5.91. The van der Waals surface area contributed by atoms with E-state index < -0.39 is 17.3 Å². The number of carbonyl (C=O) groups is 1. The molecule has 8 nitrogen and oxygen atoms in total. The van der Waals surface area contributed by atoms with Crippen LogP contribution in [-0.2, 0) is 0 Å². The number of hydrogen-bond donors (Lipinski definition) is 2. The van der Waals surface area contributed by atoms with Gasteiger partial charge in [-0.2, -0.15) is 4.68 Å². The van der Waals surface area contributed by atoms with E-state index in [1.165, 1.54) is 25.1 Å². The molecule has 0 radical (unpaired) electrons. The van der Waals surface area contributed by atoms with Gasteiger partial charge in [0.2, 0.25) is 5.82 Å². The van der Waals surface area contributed by atoms with E-state index in [1.54, 1.807) is 0 Å². The van der Waals surface area contributed by atoms with E-state index in [2.05, 4.69) is 30.8 Å². The number of carbonyl (C=O) groups excluding carboxylic acids is 1. The van der Waals surface area contributed by atoms with Crippen molar-refractivity contribution in [3.63, 3.8) is 0 Å². The van der Waals surface area contributed by atoms with Crippen LogP contribution >= 0.6 is 0 Å². The first kappa shape index (κ1) is 17.3. The highest BCUT2D eigenvalue weighted by Gasteiger charge is 2.22. The Hall–Kier alpha value is -3.17. The van der Waals surface area contributed by atoms with Crippen molar-refractivity contribution in [2.45, 2.75) is 25.7 Å². The van der Waals surface area contributed by atoms with E-state index in [-0.39, 0.29) is 23.2 Å². The summed E-state index contributed by atoms with van der Waals surface area (Å²) in [5, 5.41) is 13.8. The Balaban J connectivity index is 1.56. The molecule has 27 heavy (non-hydrogen) atoms. The highest BCUT2D eigenvalue weighted by atomic mass is 19.1. The van der Waals surface area contributed by atoms with Crippen molar-refractivity contribution in [2.24, 2.45) is 5.92 Å². The average molecular weight is 373 g/mol. The van der Waals surface area contributed by atoms with E-state index in [0.29, 0.717) is 12.5 Å². The number of amides is 1. The maximum absolute atomic E-state index is 14.0. The second-order valence-corrected chi connectivity index (χ2v) is 6.48. The van der Waals surface area contributed by atoms with Gasteiger partial charge in [-0.3, -0.25) is 4.79 Å². The molecule has 1 amide bonds. The van der Waals surface area contributed by atoms with Crippen LogP contribution in [0, 0.1) is 17.6 Å². The molecule has 140 valence electrons. The first-order chi connectivity index (χ1) is 13.1. The predicted molar refractivity (Wildman–Crippen MR) is 90.9 cm³/mol. The van der Waals surface area contributed by atoms with E-state index in [9.17, 15) is 13.6 Å². The molecule has 0 saturated heterocycles. The van der Waals surface area contributed by atoms with Crippen LogP contribution in [0.1, 0.15) is 36.3 Å². The number of H-pyrrole nitrogens is 1. The summed E-state index contributed by atoms with van der Waals surface area (Å²) in [5.74, 6) is -1.36. The molecule has 0 spiro atoms. The van der Waals surface area contributed by atoms with Gasteiger partial charge in [0.25, 0.3) is 5.91 Å².